The van der Waals surface area contributed by atoms with E-state index < -0.39 is 12.2 Å². The highest BCUT2D eigenvalue weighted by molar-refractivity contribution is 5.84. The highest BCUT2D eigenvalue weighted by Crippen LogP contribution is 1.81. The van der Waals surface area contributed by atoms with Crippen molar-refractivity contribution in [2.45, 2.75) is 26.5 Å². The minimum absolute atomic E-state index is 0.176. The van der Waals surface area contributed by atoms with Crippen LogP contribution in [0, 0.1) is 0 Å². The Balaban J connectivity index is 0. The average Bonchev–Trinajstić information content (AvgIpc) is 1.89. The van der Waals surface area contributed by atoms with Gasteiger partial charge in [0.15, 0.2) is 0 Å². The van der Waals surface area contributed by atoms with E-state index in [9.17, 15) is 4.79 Å². The summed E-state index contributed by atoms with van der Waals surface area (Å²) in [4.78, 5) is 9.60. The summed E-state index contributed by atoms with van der Waals surface area (Å²) in [5.74, 6) is -0.935. The zero-order valence-corrected chi connectivity index (χ0v) is 6.87. The maximum atomic E-state index is 9.60. The van der Waals surface area contributed by atoms with Gasteiger partial charge in [-0.15, -0.1) is 0 Å². The molecule has 0 aromatic carbocycles. The van der Waals surface area contributed by atoms with Crippen molar-refractivity contribution in [2.24, 2.45) is 5.73 Å². The fourth-order valence-electron chi connectivity index (χ4n) is 0. The molecule has 0 aliphatic carbocycles. The molecule has 4 nitrogen and oxygen atoms in total. The van der Waals surface area contributed by atoms with Crippen LogP contribution in [-0.2, 0) is 4.79 Å². The van der Waals surface area contributed by atoms with Gasteiger partial charge in [-0.25, -0.2) is 4.79 Å². The molecule has 0 aromatic rings. The first-order valence-corrected chi connectivity index (χ1v) is 3.24. The van der Waals surface area contributed by atoms with E-state index in [0.29, 0.717) is 6.42 Å². The van der Waals surface area contributed by atoms with Crippen molar-refractivity contribution >= 4 is 5.97 Å². The van der Waals surface area contributed by atoms with E-state index in [1.807, 2.05) is 6.92 Å². The summed E-state index contributed by atoms with van der Waals surface area (Å²) >= 11 is 0. The van der Waals surface area contributed by atoms with E-state index >= 15 is 0 Å². The summed E-state index contributed by atoms with van der Waals surface area (Å²) in [6, 6.07) is 0. The minimum Gasteiger partial charge on any atom is -0.478 e. The molecule has 0 spiro atoms. The van der Waals surface area contributed by atoms with Crippen molar-refractivity contribution in [2.75, 3.05) is 0 Å². The van der Waals surface area contributed by atoms with Crippen LogP contribution < -0.4 is 5.73 Å². The van der Waals surface area contributed by atoms with Crippen molar-refractivity contribution in [1.82, 2.24) is 0 Å². The highest BCUT2D eigenvalue weighted by atomic mass is 16.4. The summed E-state index contributed by atoms with van der Waals surface area (Å²) < 4.78 is 0. The summed E-state index contributed by atoms with van der Waals surface area (Å²) in [7, 11) is 0. The highest BCUT2D eigenvalue weighted by Gasteiger charge is 1.90. The summed E-state index contributed by atoms with van der Waals surface area (Å²) in [6.45, 7) is 6.43. The average molecular weight is 161 g/mol. The van der Waals surface area contributed by atoms with Gasteiger partial charge in [0.2, 0.25) is 0 Å². The Kier molecular flexibility index (Phi) is 8.41. The number of aliphatic carboxylic acids is 1. The number of aliphatic hydroxyl groups is 1. The second-order valence-electron chi connectivity index (χ2n) is 2.06. The van der Waals surface area contributed by atoms with Crippen LogP contribution in [0.2, 0.25) is 0 Å². The number of carbonyl (C=O) groups is 1. The van der Waals surface area contributed by atoms with Crippen molar-refractivity contribution < 1.29 is 15.0 Å². The first kappa shape index (κ1) is 12.8. The van der Waals surface area contributed by atoms with E-state index in [1.54, 1.807) is 0 Å². The van der Waals surface area contributed by atoms with Crippen LogP contribution in [-0.4, -0.2) is 22.4 Å². The second-order valence-corrected chi connectivity index (χ2v) is 2.06. The molecule has 0 heterocycles. The fourth-order valence-corrected chi connectivity index (χ4v) is 0. The van der Waals surface area contributed by atoms with Crippen molar-refractivity contribution in [3.63, 3.8) is 0 Å². The van der Waals surface area contributed by atoms with E-state index in [-0.39, 0.29) is 5.57 Å². The number of carboxylic acid groups (broad SMARTS) is 1. The van der Waals surface area contributed by atoms with Gasteiger partial charge < -0.3 is 15.9 Å². The molecule has 0 saturated carbocycles. The molecule has 1 unspecified atom stereocenters. The van der Waals surface area contributed by atoms with E-state index in [4.69, 9.17) is 15.9 Å². The number of hydrogen-bond acceptors (Lipinski definition) is 3. The van der Waals surface area contributed by atoms with Crippen LogP contribution in [0.5, 0.6) is 0 Å². The zero-order chi connectivity index (χ0) is 9.44. The van der Waals surface area contributed by atoms with Crippen molar-refractivity contribution in [3.05, 3.63) is 12.2 Å². The molecule has 0 amide bonds. The van der Waals surface area contributed by atoms with E-state index in [1.165, 1.54) is 6.92 Å². The molecular formula is C7H15NO3. The molecule has 0 aliphatic rings. The molecule has 11 heavy (non-hydrogen) atoms. The predicted molar refractivity (Wildman–Crippen MR) is 42.9 cm³/mol. The number of rotatable bonds is 2. The standard InChI is InChI=1S/C4H6O2.C3H9NO/c1-3(2)4(5)6;1-2-3(4)5/h1H2,2H3,(H,5,6);3,5H,2,4H2,1H3. The lowest BCUT2D eigenvalue weighted by molar-refractivity contribution is -0.132. The third kappa shape index (κ3) is 17.6. The Morgan fingerprint density at radius 1 is 1.73 bits per heavy atom. The number of hydrogen-bond donors (Lipinski definition) is 3. The number of aliphatic hydroxyl groups excluding tert-OH is 1. The van der Waals surface area contributed by atoms with Crippen LogP contribution in [0.3, 0.4) is 0 Å². The molecule has 0 rings (SSSR count). The van der Waals surface area contributed by atoms with Crippen LogP contribution in [0.1, 0.15) is 20.3 Å². The lowest BCUT2D eigenvalue weighted by Crippen LogP contribution is -2.16. The Morgan fingerprint density at radius 3 is 1.91 bits per heavy atom. The second kappa shape index (κ2) is 7.24. The third-order valence-electron chi connectivity index (χ3n) is 0.783. The van der Waals surface area contributed by atoms with E-state index in [2.05, 4.69) is 6.58 Å². The normalized spacial score (nSPS) is 10.9. The predicted octanol–water partition coefficient (Wildman–Crippen LogP) is 0.321. The molecule has 4 N–H and O–H groups in total. The first-order chi connectivity index (χ1) is 4.91. The topological polar surface area (TPSA) is 83.5 Å². The van der Waals surface area contributed by atoms with Crippen molar-refractivity contribution in [3.8, 4) is 0 Å². The minimum atomic E-state index is -0.935. The van der Waals surface area contributed by atoms with Gasteiger partial charge in [0.05, 0.1) is 0 Å². The molecule has 0 saturated heterocycles. The molecule has 66 valence electrons. The molecule has 0 fully saturated rings. The maximum absolute atomic E-state index is 9.60. The SMILES string of the molecule is C=C(C)C(=O)O.CCC(N)O. The van der Waals surface area contributed by atoms with Crippen LogP contribution >= 0.6 is 0 Å². The third-order valence-corrected chi connectivity index (χ3v) is 0.783. The van der Waals surface area contributed by atoms with E-state index in [0.717, 1.165) is 0 Å². The largest absolute Gasteiger partial charge is 0.478 e. The molecule has 0 aliphatic heterocycles. The van der Waals surface area contributed by atoms with Gasteiger partial charge >= 0.3 is 5.97 Å². The van der Waals surface area contributed by atoms with Gasteiger partial charge in [0.1, 0.15) is 6.23 Å². The number of carboxylic acids is 1. The van der Waals surface area contributed by atoms with Crippen LogP contribution in [0.25, 0.3) is 0 Å². The van der Waals surface area contributed by atoms with Crippen LogP contribution in [0.15, 0.2) is 12.2 Å². The quantitative estimate of drug-likeness (QED) is 0.402. The van der Waals surface area contributed by atoms with Gasteiger partial charge in [-0.3, -0.25) is 0 Å². The smallest absolute Gasteiger partial charge is 0.330 e. The monoisotopic (exact) mass is 161 g/mol. The Labute approximate surface area is 66.3 Å². The van der Waals surface area contributed by atoms with Gasteiger partial charge in [-0.05, 0) is 13.3 Å². The summed E-state index contributed by atoms with van der Waals surface area (Å²) in [5, 5.41) is 16.0. The lowest BCUT2D eigenvalue weighted by atomic mass is 10.4. The molecule has 0 aromatic heterocycles. The zero-order valence-electron chi connectivity index (χ0n) is 6.87. The molecule has 1 atom stereocenters. The Morgan fingerprint density at radius 2 is 1.91 bits per heavy atom. The molecule has 4 heteroatoms. The summed E-state index contributed by atoms with van der Waals surface area (Å²) in [5.41, 5.74) is 5.02. The van der Waals surface area contributed by atoms with Gasteiger partial charge in [0.25, 0.3) is 0 Å². The molecular weight excluding hydrogens is 146 g/mol. The van der Waals surface area contributed by atoms with Crippen LogP contribution in [0.4, 0.5) is 0 Å². The molecule has 0 bridgehead atoms. The Bertz CT molecular complexity index is 120. The van der Waals surface area contributed by atoms with Gasteiger partial charge in [-0.1, -0.05) is 13.5 Å². The Hall–Kier alpha value is -0.870. The fraction of sp³-hybridized carbons (Fsp3) is 0.571. The molecule has 0 radical (unpaired) electrons. The lowest BCUT2D eigenvalue weighted by Gasteiger charge is -1.91. The summed E-state index contributed by atoms with van der Waals surface area (Å²) in [6.07, 6.45) is 0.0231. The first-order valence-electron chi connectivity index (χ1n) is 3.24. The van der Waals surface area contributed by atoms with Gasteiger partial charge in [0, 0.05) is 5.57 Å². The maximum Gasteiger partial charge on any atom is 0.330 e. The van der Waals surface area contributed by atoms with Crippen molar-refractivity contribution in [1.29, 1.82) is 0 Å². The van der Waals surface area contributed by atoms with Gasteiger partial charge in [-0.2, -0.15) is 0 Å². The number of nitrogens with two attached hydrogens (primary N) is 1.